The van der Waals surface area contributed by atoms with Gasteiger partial charge in [0.15, 0.2) is 0 Å². The van der Waals surface area contributed by atoms with Gasteiger partial charge in [0, 0.05) is 17.9 Å². The summed E-state index contributed by atoms with van der Waals surface area (Å²) in [6.07, 6.45) is 1.65. The average molecular weight is 311 g/mol. The summed E-state index contributed by atoms with van der Waals surface area (Å²) in [6, 6.07) is 4.02. The van der Waals surface area contributed by atoms with Gasteiger partial charge in [0.2, 0.25) is 0 Å². The van der Waals surface area contributed by atoms with Gasteiger partial charge in [-0.15, -0.1) is 0 Å². The third-order valence-corrected chi connectivity index (χ3v) is 3.55. The fourth-order valence-corrected chi connectivity index (χ4v) is 2.13. The fourth-order valence-electron chi connectivity index (χ4n) is 1.73. The Balaban J connectivity index is 2.42. The minimum Gasteiger partial charge on any atom is -0.291 e. The lowest BCUT2D eigenvalue weighted by Gasteiger charge is -2.14. The molecule has 2 aromatic rings. The molecular weight excluding hydrogens is 296 g/mol. The lowest BCUT2D eigenvalue weighted by Crippen LogP contribution is -2.25. The first-order valence-electron chi connectivity index (χ1n) is 5.72. The number of nitrogens with one attached hydrogen (secondary N) is 1. The molecule has 0 unspecified atom stereocenters. The molecule has 0 radical (unpaired) electrons. The van der Waals surface area contributed by atoms with Gasteiger partial charge >= 0.3 is 0 Å². The van der Waals surface area contributed by atoms with Crippen LogP contribution in [-0.2, 0) is 6.54 Å². The highest BCUT2D eigenvalue weighted by Crippen LogP contribution is 2.18. The maximum absolute atomic E-state index is 11.9. The number of rotatable bonds is 3. The molecule has 18 heavy (non-hydrogen) atoms. The number of hydrogen-bond donors (Lipinski definition) is 1. The second-order valence-corrected chi connectivity index (χ2v) is 4.85. The van der Waals surface area contributed by atoms with Crippen molar-refractivity contribution in [2.45, 2.75) is 27.3 Å². The van der Waals surface area contributed by atoms with E-state index < -0.39 is 0 Å². The Morgan fingerprint density at radius 1 is 1.33 bits per heavy atom. The normalized spacial score (nSPS) is 10.7. The molecule has 0 saturated heterocycles. The lowest BCUT2D eigenvalue weighted by molar-refractivity contribution is 0.612. The second kappa shape index (κ2) is 4.97. The van der Waals surface area contributed by atoms with Crippen molar-refractivity contribution in [1.82, 2.24) is 14.5 Å². The van der Waals surface area contributed by atoms with Crippen LogP contribution in [0.4, 0.5) is 5.69 Å². The standard InChI is InChI=1S/C12H15BrN4O/c1-4-16-12(18)11(13)10(7-14-16)15-17-8(2)5-6-9(17)3/h5-7,15H,4H2,1-3H3. The van der Waals surface area contributed by atoms with Crippen molar-refractivity contribution >= 4 is 21.6 Å². The smallest absolute Gasteiger partial charge is 0.283 e. The summed E-state index contributed by atoms with van der Waals surface area (Å²) in [4.78, 5) is 11.9. The summed E-state index contributed by atoms with van der Waals surface area (Å²) >= 11 is 3.32. The first-order chi connectivity index (χ1) is 8.54. The Morgan fingerprint density at radius 2 is 1.94 bits per heavy atom. The Labute approximate surface area is 114 Å². The largest absolute Gasteiger partial charge is 0.291 e. The van der Waals surface area contributed by atoms with Gasteiger partial charge in [-0.2, -0.15) is 5.10 Å². The molecule has 2 heterocycles. The molecule has 0 amide bonds. The number of nitrogens with zero attached hydrogens (tertiary/aromatic N) is 3. The van der Waals surface area contributed by atoms with Crippen LogP contribution < -0.4 is 11.0 Å². The maximum atomic E-state index is 11.9. The number of hydrogen-bond acceptors (Lipinski definition) is 3. The van der Waals surface area contributed by atoms with E-state index in [1.807, 2.05) is 37.6 Å². The van der Waals surface area contributed by atoms with Crippen molar-refractivity contribution in [2.75, 3.05) is 5.43 Å². The molecule has 6 heteroatoms. The summed E-state index contributed by atoms with van der Waals surface area (Å²) in [6.45, 7) is 6.43. The van der Waals surface area contributed by atoms with Gasteiger partial charge in [0.25, 0.3) is 5.56 Å². The number of aryl methyl sites for hydroxylation is 3. The molecule has 0 aliphatic heterocycles. The minimum absolute atomic E-state index is 0.134. The summed E-state index contributed by atoms with van der Waals surface area (Å²) < 4.78 is 3.81. The molecule has 5 nitrogen and oxygen atoms in total. The zero-order valence-corrected chi connectivity index (χ0v) is 12.2. The third-order valence-electron chi connectivity index (χ3n) is 2.79. The van der Waals surface area contributed by atoms with Crippen molar-refractivity contribution < 1.29 is 0 Å². The highest BCUT2D eigenvalue weighted by Gasteiger charge is 2.09. The molecule has 0 atom stereocenters. The van der Waals surface area contributed by atoms with Crippen LogP contribution in [0.1, 0.15) is 18.3 Å². The van der Waals surface area contributed by atoms with Crippen LogP contribution in [0.15, 0.2) is 27.6 Å². The van der Waals surface area contributed by atoms with Crippen LogP contribution in [0.5, 0.6) is 0 Å². The van der Waals surface area contributed by atoms with E-state index in [1.165, 1.54) is 4.68 Å². The highest BCUT2D eigenvalue weighted by atomic mass is 79.9. The second-order valence-electron chi connectivity index (χ2n) is 4.06. The summed E-state index contributed by atoms with van der Waals surface area (Å²) in [5, 5.41) is 4.10. The summed E-state index contributed by atoms with van der Waals surface area (Å²) in [5.74, 6) is 0. The number of halogens is 1. The summed E-state index contributed by atoms with van der Waals surface area (Å²) in [5.41, 5.74) is 5.84. The van der Waals surface area contributed by atoms with Crippen LogP contribution in [0.2, 0.25) is 0 Å². The average Bonchev–Trinajstić information content (AvgIpc) is 2.67. The van der Waals surface area contributed by atoms with Crippen molar-refractivity contribution in [3.63, 3.8) is 0 Å². The van der Waals surface area contributed by atoms with Crippen LogP contribution >= 0.6 is 15.9 Å². The third kappa shape index (κ3) is 2.20. The Kier molecular flexibility index (Phi) is 3.56. The molecule has 2 rings (SSSR count). The molecule has 0 aliphatic rings. The predicted molar refractivity (Wildman–Crippen MR) is 74.8 cm³/mol. The molecule has 0 saturated carbocycles. The van der Waals surface area contributed by atoms with E-state index in [0.29, 0.717) is 16.7 Å². The van der Waals surface area contributed by atoms with Gasteiger partial charge in [-0.1, -0.05) is 0 Å². The number of anilines is 1. The topological polar surface area (TPSA) is 51.9 Å². The monoisotopic (exact) mass is 310 g/mol. The van der Waals surface area contributed by atoms with Gasteiger partial charge < -0.3 is 0 Å². The van der Waals surface area contributed by atoms with Gasteiger partial charge in [0.1, 0.15) is 4.47 Å². The predicted octanol–water partition coefficient (Wildman–Crippen LogP) is 2.32. The van der Waals surface area contributed by atoms with E-state index in [4.69, 9.17) is 0 Å². The van der Waals surface area contributed by atoms with Crippen molar-refractivity contribution in [2.24, 2.45) is 0 Å². The minimum atomic E-state index is -0.134. The Bertz CT molecular complexity index is 610. The van der Waals surface area contributed by atoms with Crippen LogP contribution in [0.25, 0.3) is 0 Å². The van der Waals surface area contributed by atoms with Gasteiger partial charge in [0.05, 0.1) is 11.9 Å². The zero-order chi connectivity index (χ0) is 13.3. The van der Waals surface area contributed by atoms with Crippen LogP contribution in [-0.4, -0.2) is 14.5 Å². The van der Waals surface area contributed by atoms with E-state index >= 15 is 0 Å². The molecule has 96 valence electrons. The van der Waals surface area contributed by atoms with E-state index in [1.54, 1.807) is 6.20 Å². The van der Waals surface area contributed by atoms with Crippen molar-refractivity contribution in [3.05, 3.63) is 44.5 Å². The van der Waals surface area contributed by atoms with Crippen LogP contribution in [0.3, 0.4) is 0 Å². The molecule has 0 bridgehead atoms. The van der Waals surface area contributed by atoms with E-state index in [0.717, 1.165) is 11.4 Å². The first kappa shape index (κ1) is 12.9. The molecule has 0 spiro atoms. The van der Waals surface area contributed by atoms with E-state index in [9.17, 15) is 4.79 Å². The fraction of sp³-hybridized carbons (Fsp3) is 0.333. The molecule has 0 fully saturated rings. The van der Waals surface area contributed by atoms with Gasteiger partial charge in [-0.05, 0) is 48.8 Å². The van der Waals surface area contributed by atoms with E-state index in [-0.39, 0.29) is 5.56 Å². The maximum Gasteiger partial charge on any atom is 0.283 e. The lowest BCUT2D eigenvalue weighted by atomic mass is 10.4. The highest BCUT2D eigenvalue weighted by molar-refractivity contribution is 9.10. The molecule has 2 aromatic heterocycles. The molecular formula is C12H15BrN4O. The molecule has 0 aromatic carbocycles. The summed E-state index contributed by atoms with van der Waals surface area (Å²) in [7, 11) is 0. The molecule has 0 aliphatic carbocycles. The van der Waals surface area contributed by atoms with Crippen molar-refractivity contribution in [1.29, 1.82) is 0 Å². The first-order valence-corrected chi connectivity index (χ1v) is 6.51. The zero-order valence-electron chi connectivity index (χ0n) is 10.6. The van der Waals surface area contributed by atoms with E-state index in [2.05, 4.69) is 26.5 Å². The van der Waals surface area contributed by atoms with Crippen LogP contribution in [0, 0.1) is 13.8 Å². The SMILES string of the molecule is CCn1ncc(Nn2c(C)ccc2C)c(Br)c1=O. The molecule has 1 N–H and O–H groups in total. The van der Waals surface area contributed by atoms with Crippen molar-refractivity contribution in [3.8, 4) is 0 Å². The number of aromatic nitrogens is 3. The Hall–Kier alpha value is -1.56. The van der Waals surface area contributed by atoms with Gasteiger partial charge in [-0.3, -0.25) is 14.9 Å². The van der Waals surface area contributed by atoms with Gasteiger partial charge in [-0.25, -0.2) is 4.68 Å². The Morgan fingerprint density at radius 3 is 2.50 bits per heavy atom. The quantitative estimate of drug-likeness (QED) is 0.946.